The second-order valence-electron chi connectivity index (χ2n) is 13.6. The van der Waals surface area contributed by atoms with Crippen LogP contribution in [0.4, 0.5) is 0 Å². The van der Waals surface area contributed by atoms with E-state index >= 15 is 0 Å². The van der Waals surface area contributed by atoms with Crippen LogP contribution < -0.4 is 0 Å². The Morgan fingerprint density at radius 3 is 1.41 bits per heavy atom. The normalized spacial score (nSPS) is 15.0. The van der Waals surface area contributed by atoms with Crippen molar-refractivity contribution >= 4 is 19.8 Å². The Hall–Kier alpha value is -3.63. The van der Waals surface area contributed by atoms with E-state index in [9.17, 15) is 24.2 Å². The third kappa shape index (κ3) is 42.3. The molecule has 0 aromatic carbocycles. The molecule has 0 saturated carbocycles. The highest BCUT2D eigenvalue weighted by Crippen LogP contribution is 2.43. The zero-order valence-electron chi connectivity index (χ0n) is 35.9. The van der Waals surface area contributed by atoms with Gasteiger partial charge in [0, 0.05) is 12.8 Å². The minimum atomic E-state index is -4.66. The van der Waals surface area contributed by atoms with Crippen molar-refractivity contribution in [2.45, 2.75) is 142 Å². The number of hydrogen-bond acceptors (Lipinski definition) is 9. The number of phosphoric acid groups is 1. The van der Waals surface area contributed by atoms with Crippen LogP contribution in [0.15, 0.2) is 122 Å². The van der Waals surface area contributed by atoms with E-state index in [1.807, 2.05) is 30.4 Å². The fourth-order valence-corrected chi connectivity index (χ4v) is 5.62. The van der Waals surface area contributed by atoms with Crippen LogP contribution in [0, 0.1) is 0 Å². The molecule has 3 atom stereocenters. The van der Waals surface area contributed by atoms with Gasteiger partial charge in [0.2, 0.25) is 0 Å². The van der Waals surface area contributed by atoms with Crippen LogP contribution >= 0.6 is 7.82 Å². The van der Waals surface area contributed by atoms with Crippen LogP contribution in [-0.4, -0.2) is 65.7 Å². The van der Waals surface area contributed by atoms with Crippen LogP contribution in [0.1, 0.15) is 129 Å². The first-order valence-electron chi connectivity index (χ1n) is 21.5. The molecule has 1 unspecified atom stereocenters. The summed E-state index contributed by atoms with van der Waals surface area (Å²) in [6.07, 6.45) is 54.7. The second-order valence-corrected chi connectivity index (χ2v) is 15.1. The molecule has 11 heteroatoms. The van der Waals surface area contributed by atoms with Gasteiger partial charge in [-0.3, -0.25) is 18.6 Å². The van der Waals surface area contributed by atoms with E-state index in [2.05, 4.69) is 110 Å². The minimum absolute atomic E-state index is 0.0394. The molecule has 332 valence electrons. The predicted octanol–water partition coefficient (Wildman–Crippen LogP) is 11.6. The van der Waals surface area contributed by atoms with E-state index in [4.69, 9.17) is 19.1 Å². The first-order valence-corrected chi connectivity index (χ1v) is 23.0. The summed E-state index contributed by atoms with van der Waals surface area (Å²) in [7, 11) is -4.66. The maximum absolute atomic E-state index is 12.6. The molecule has 0 aliphatic carbocycles. The number of hydrogen-bond donors (Lipinski definition) is 3. The Balaban J connectivity index is 4.56. The summed E-state index contributed by atoms with van der Waals surface area (Å²) in [4.78, 5) is 34.9. The molecule has 0 amide bonds. The Labute approximate surface area is 356 Å². The van der Waals surface area contributed by atoms with Crippen LogP contribution in [0.25, 0.3) is 0 Å². The van der Waals surface area contributed by atoms with Crippen LogP contribution in [0.2, 0.25) is 0 Å². The number of ether oxygens (including phenoxy) is 2. The number of rotatable bonds is 38. The summed E-state index contributed by atoms with van der Waals surface area (Å²) < 4.78 is 32.5. The van der Waals surface area contributed by atoms with Crippen molar-refractivity contribution in [2.75, 3.05) is 26.4 Å². The molecular formula is C48H75O10P. The van der Waals surface area contributed by atoms with Gasteiger partial charge in [0.05, 0.1) is 19.8 Å². The summed E-state index contributed by atoms with van der Waals surface area (Å²) in [6, 6.07) is 0. The van der Waals surface area contributed by atoms with Crippen molar-refractivity contribution in [2.24, 2.45) is 0 Å². The van der Waals surface area contributed by atoms with Gasteiger partial charge >= 0.3 is 19.8 Å². The number of esters is 2. The molecule has 10 nitrogen and oxygen atoms in total. The lowest BCUT2D eigenvalue weighted by Crippen LogP contribution is -2.29. The number of aliphatic hydroxyl groups is 2. The van der Waals surface area contributed by atoms with Crippen LogP contribution in [0.5, 0.6) is 0 Å². The second kappa shape index (κ2) is 42.5. The van der Waals surface area contributed by atoms with Crippen molar-refractivity contribution < 1.29 is 47.8 Å². The number of carbonyl (C=O) groups excluding carboxylic acids is 2. The predicted molar refractivity (Wildman–Crippen MR) is 242 cm³/mol. The molecule has 0 aromatic rings. The molecule has 0 aromatic heterocycles. The molecule has 59 heavy (non-hydrogen) atoms. The lowest BCUT2D eigenvalue weighted by molar-refractivity contribution is -0.161. The topological polar surface area (TPSA) is 149 Å². The summed E-state index contributed by atoms with van der Waals surface area (Å²) in [5, 5.41) is 18.3. The van der Waals surface area contributed by atoms with Crippen molar-refractivity contribution in [3.8, 4) is 0 Å². The van der Waals surface area contributed by atoms with Crippen molar-refractivity contribution in [3.63, 3.8) is 0 Å². The smallest absolute Gasteiger partial charge is 0.462 e. The lowest BCUT2D eigenvalue weighted by atomic mass is 10.2. The van der Waals surface area contributed by atoms with Gasteiger partial charge in [-0.15, -0.1) is 0 Å². The molecule has 0 spiro atoms. The summed E-state index contributed by atoms with van der Waals surface area (Å²) in [6.45, 7) is 2.05. The van der Waals surface area contributed by atoms with Crippen LogP contribution in [0.3, 0.4) is 0 Å². The Kier molecular flexibility index (Phi) is 39.9. The zero-order valence-corrected chi connectivity index (χ0v) is 36.8. The molecule has 0 fully saturated rings. The van der Waals surface area contributed by atoms with E-state index in [-0.39, 0.29) is 19.4 Å². The maximum Gasteiger partial charge on any atom is 0.472 e. The standard InChI is InChI=1S/C48H75O10P/c1-3-5-7-9-11-13-15-17-19-21-22-24-26-28-30-32-34-36-38-40-48(52)58-46(44-57-59(53,54)56-42-45(50)41-49)43-55-47(51)39-37-35-33-31-29-27-25-23-20-18-16-14-12-10-8-6-4-2/h5,7,11-14,17-20,22,24-25,27-28,30-31,33-34,36,45-46,49-50H,3-4,6,8-10,15-16,21,23,26,29,32,35,37-44H2,1-2H3,(H,53,54)/b7-5+,13-11+,14-12+,19-17+,20-18+,24-22+,27-25+,30-28+,33-31+,36-34+/t45-,46+/m0/s1. The number of allylic oxidation sites excluding steroid dienone is 20. The SMILES string of the molecule is CC/C=C/C/C=C/C/C=C/C/C=C/C/C=C/C/C=C/CCC(=O)O[C@H](COC(=O)CCC/C=C/C/C=C/C/C=C/C/C=C/CCCCC)COP(=O)(O)OC[C@@H](O)CO. The van der Waals surface area contributed by atoms with Crippen LogP contribution in [-0.2, 0) is 32.7 Å². The first-order chi connectivity index (χ1) is 28.7. The molecular weight excluding hydrogens is 767 g/mol. The van der Waals surface area contributed by atoms with E-state index < -0.39 is 51.8 Å². The third-order valence-corrected chi connectivity index (χ3v) is 9.06. The number of unbranched alkanes of at least 4 members (excludes halogenated alkanes) is 4. The molecule has 0 rings (SSSR count). The maximum atomic E-state index is 12.6. The highest BCUT2D eigenvalue weighted by molar-refractivity contribution is 7.47. The van der Waals surface area contributed by atoms with E-state index in [1.165, 1.54) is 19.3 Å². The van der Waals surface area contributed by atoms with E-state index in [0.29, 0.717) is 25.7 Å². The number of phosphoric ester groups is 1. The van der Waals surface area contributed by atoms with Gasteiger partial charge in [0.1, 0.15) is 12.7 Å². The summed E-state index contributed by atoms with van der Waals surface area (Å²) >= 11 is 0. The fraction of sp³-hybridized carbons (Fsp3) is 0.542. The minimum Gasteiger partial charge on any atom is -0.462 e. The van der Waals surface area contributed by atoms with Gasteiger partial charge in [0.15, 0.2) is 6.10 Å². The summed E-state index contributed by atoms with van der Waals surface area (Å²) in [5.74, 6) is -1.10. The highest BCUT2D eigenvalue weighted by atomic mass is 31.2. The highest BCUT2D eigenvalue weighted by Gasteiger charge is 2.27. The number of aliphatic hydroxyl groups excluding tert-OH is 2. The fourth-order valence-electron chi connectivity index (χ4n) is 4.83. The van der Waals surface area contributed by atoms with Crippen molar-refractivity contribution in [3.05, 3.63) is 122 Å². The van der Waals surface area contributed by atoms with E-state index in [0.717, 1.165) is 57.8 Å². The van der Waals surface area contributed by atoms with Gasteiger partial charge in [-0.1, -0.05) is 148 Å². The van der Waals surface area contributed by atoms with Gasteiger partial charge in [-0.2, -0.15) is 0 Å². The zero-order chi connectivity index (χ0) is 43.3. The van der Waals surface area contributed by atoms with Crippen molar-refractivity contribution in [1.29, 1.82) is 0 Å². The third-order valence-electron chi connectivity index (χ3n) is 8.11. The van der Waals surface area contributed by atoms with E-state index in [1.54, 1.807) is 0 Å². The molecule has 0 saturated heterocycles. The Bertz CT molecular complexity index is 1390. The monoisotopic (exact) mass is 843 g/mol. The summed E-state index contributed by atoms with van der Waals surface area (Å²) in [5.41, 5.74) is 0. The molecule has 0 heterocycles. The first kappa shape index (κ1) is 55.4. The van der Waals surface area contributed by atoms with Crippen molar-refractivity contribution in [1.82, 2.24) is 0 Å². The average molecular weight is 843 g/mol. The van der Waals surface area contributed by atoms with Gasteiger partial charge in [-0.25, -0.2) is 4.57 Å². The lowest BCUT2D eigenvalue weighted by Gasteiger charge is -2.20. The molecule has 0 aliphatic heterocycles. The van der Waals surface area contributed by atoms with Gasteiger partial charge in [0.25, 0.3) is 0 Å². The Morgan fingerprint density at radius 1 is 0.525 bits per heavy atom. The largest absolute Gasteiger partial charge is 0.472 e. The molecule has 0 radical (unpaired) electrons. The van der Waals surface area contributed by atoms with Gasteiger partial charge < -0.3 is 24.6 Å². The molecule has 3 N–H and O–H groups in total. The quantitative estimate of drug-likeness (QED) is 0.0237. The molecule has 0 bridgehead atoms. The molecule has 0 aliphatic rings. The number of carbonyl (C=O) groups is 2. The van der Waals surface area contributed by atoms with Gasteiger partial charge in [-0.05, 0) is 89.9 Å². The Morgan fingerprint density at radius 2 is 0.949 bits per heavy atom. The average Bonchev–Trinajstić information content (AvgIpc) is 3.22.